The number of benzene rings is 2. The highest BCUT2D eigenvalue weighted by molar-refractivity contribution is 5.88. The van der Waals surface area contributed by atoms with E-state index in [4.69, 9.17) is 9.47 Å². The predicted octanol–water partition coefficient (Wildman–Crippen LogP) is 3.63. The summed E-state index contributed by atoms with van der Waals surface area (Å²) < 4.78 is 11.0. The van der Waals surface area contributed by atoms with Gasteiger partial charge in [-0.2, -0.15) is 0 Å². The number of hydrogen-bond acceptors (Lipinski definition) is 4. The lowest BCUT2D eigenvalue weighted by Crippen LogP contribution is -2.50. The first-order chi connectivity index (χ1) is 14.2. The Balaban J connectivity index is 2.18. The summed E-state index contributed by atoms with van der Waals surface area (Å²) in [6, 6.07) is 12.5. The molecule has 162 valence electrons. The van der Waals surface area contributed by atoms with Gasteiger partial charge in [0.25, 0.3) is 5.91 Å². The van der Waals surface area contributed by atoms with Gasteiger partial charge in [0.05, 0.1) is 7.11 Å². The summed E-state index contributed by atoms with van der Waals surface area (Å²) in [6.45, 7) is 9.66. The van der Waals surface area contributed by atoms with Gasteiger partial charge in [-0.1, -0.05) is 18.2 Å². The number of nitrogens with zero attached hydrogens (tertiary/aromatic N) is 1. The Morgan fingerprint density at radius 2 is 1.73 bits per heavy atom. The minimum atomic E-state index is -0.644. The summed E-state index contributed by atoms with van der Waals surface area (Å²) in [5.41, 5.74) is 3.13. The van der Waals surface area contributed by atoms with Crippen LogP contribution in [0.4, 0.5) is 0 Å². The van der Waals surface area contributed by atoms with Gasteiger partial charge in [0.1, 0.15) is 17.5 Å². The zero-order chi connectivity index (χ0) is 22.3. The minimum Gasteiger partial charge on any atom is -0.497 e. The van der Waals surface area contributed by atoms with Gasteiger partial charge < -0.3 is 19.7 Å². The molecule has 0 aliphatic heterocycles. The maximum atomic E-state index is 13.0. The third-order valence-electron chi connectivity index (χ3n) is 4.93. The van der Waals surface area contributed by atoms with Crippen LogP contribution in [-0.2, 0) is 16.1 Å². The Morgan fingerprint density at radius 3 is 2.37 bits per heavy atom. The van der Waals surface area contributed by atoms with E-state index in [2.05, 4.69) is 5.32 Å². The van der Waals surface area contributed by atoms with Crippen molar-refractivity contribution in [1.29, 1.82) is 0 Å². The second-order valence-electron chi connectivity index (χ2n) is 7.75. The lowest BCUT2D eigenvalue weighted by Gasteiger charge is -2.29. The van der Waals surface area contributed by atoms with Crippen LogP contribution in [-0.4, -0.2) is 42.5 Å². The molecule has 2 rings (SSSR count). The number of rotatable bonds is 9. The Kier molecular flexibility index (Phi) is 8.27. The lowest BCUT2D eigenvalue weighted by atomic mass is 10.1. The molecule has 6 heteroatoms. The topological polar surface area (TPSA) is 67.9 Å². The van der Waals surface area contributed by atoms with E-state index in [0.29, 0.717) is 11.5 Å². The number of carbonyl (C=O) groups excluding carboxylic acids is 2. The second kappa shape index (κ2) is 10.7. The molecule has 6 nitrogen and oxygen atoms in total. The minimum absolute atomic E-state index is 0.0134. The van der Waals surface area contributed by atoms with Crippen LogP contribution in [0.2, 0.25) is 0 Å². The second-order valence-corrected chi connectivity index (χ2v) is 7.75. The van der Waals surface area contributed by atoms with E-state index in [9.17, 15) is 9.59 Å². The van der Waals surface area contributed by atoms with Gasteiger partial charge in [-0.15, -0.1) is 0 Å². The van der Waals surface area contributed by atoms with Crippen LogP contribution in [0.3, 0.4) is 0 Å². The molecule has 1 N–H and O–H groups in total. The Hall–Kier alpha value is -3.02. The molecule has 0 saturated heterocycles. The van der Waals surface area contributed by atoms with Crippen LogP contribution in [0.1, 0.15) is 37.5 Å². The molecule has 2 aromatic rings. The van der Waals surface area contributed by atoms with Crippen molar-refractivity contribution in [3.8, 4) is 11.5 Å². The smallest absolute Gasteiger partial charge is 0.261 e. The maximum Gasteiger partial charge on any atom is 0.261 e. The van der Waals surface area contributed by atoms with Crippen molar-refractivity contribution in [3.05, 3.63) is 59.2 Å². The first-order valence-electron chi connectivity index (χ1n) is 10.1. The van der Waals surface area contributed by atoms with Crippen molar-refractivity contribution in [3.63, 3.8) is 0 Å². The first kappa shape index (κ1) is 23.3. The molecule has 2 amide bonds. The number of amides is 2. The Labute approximate surface area is 179 Å². The summed E-state index contributed by atoms with van der Waals surface area (Å²) in [4.78, 5) is 27.2. The van der Waals surface area contributed by atoms with Crippen LogP contribution < -0.4 is 14.8 Å². The molecular formula is C24H32N2O4. The average Bonchev–Trinajstić information content (AvgIpc) is 2.71. The molecule has 30 heavy (non-hydrogen) atoms. The molecule has 0 spiro atoms. The van der Waals surface area contributed by atoms with E-state index >= 15 is 0 Å². The van der Waals surface area contributed by atoms with Gasteiger partial charge in [0.15, 0.2) is 6.61 Å². The summed E-state index contributed by atoms with van der Waals surface area (Å²) in [7, 11) is 1.60. The number of nitrogens with one attached hydrogen (secondary N) is 1. The SMILES string of the molecule is COc1cccc(CN(C(=O)COc2ccc(C)c(C)c2)[C@@H](C)C(=O)NC(C)C)c1. The monoisotopic (exact) mass is 412 g/mol. The summed E-state index contributed by atoms with van der Waals surface area (Å²) in [5, 5.41) is 2.88. The normalized spacial score (nSPS) is 11.7. The van der Waals surface area contributed by atoms with Gasteiger partial charge in [-0.25, -0.2) is 0 Å². The molecule has 1 atom stereocenters. The molecule has 0 saturated carbocycles. The molecule has 0 unspecified atom stereocenters. The van der Waals surface area contributed by atoms with Gasteiger partial charge in [0.2, 0.25) is 5.91 Å². The fourth-order valence-corrected chi connectivity index (χ4v) is 2.99. The molecule has 0 aliphatic rings. The van der Waals surface area contributed by atoms with Crippen LogP contribution in [0.25, 0.3) is 0 Å². The number of aryl methyl sites for hydroxylation is 2. The fourth-order valence-electron chi connectivity index (χ4n) is 2.99. The van der Waals surface area contributed by atoms with Crippen molar-refractivity contribution >= 4 is 11.8 Å². The number of methoxy groups -OCH3 is 1. The van der Waals surface area contributed by atoms with E-state index in [1.54, 1.807) is 14.0 Å². The number of ether oxygens (including phenoxy) is 2. The summed E-state index contributed by atoms with van der Waals surface area (Å²) in [6.07, 6.45) is 0. The highest BCUT2D eigenvalue weighted by Crippen LogP contribution is 2.18. The van der Waals surface area contributed by atoms with Gasteiger partial charge in [-0.3, -0.25) is 9.59 Å². The molecule has 0 bridgehead atoms. The quantitative estimate of drug-likeness (QED) is 0.683. The number of hydrogen-bond donors (Lipinski definition) is 1. The third-order valence-corrected chi connectivity index (χ3v) is 4.93. The van der Waals surface area contributed by atoms with Crippen molar-refractivity contribution < 1.29 is 19.1 Å². The predicted molar refractivity (Wildman–Crippen MR) is 118 cm³/mol. The number of carbonyl (C=O) groups is 2. The van der Waals surface area contributed by atoms with Crippen LogP contribution in [0.5, 0.6) is 11.5 Å². The fraction of sp³-hybridized carbons (Fsp3) is 0.417. The van der Waals surface area contributed by atoms with E-state index in [1.165, 1.54) is 4.90 Å². The molecule has 0 aliphatic carbocycles. The first-order valence-corrected chi connectivity index (χ1v) is 10.1. The van der Waals surface area contributed by atoms with Crippen molar-refractivity contribution in [2.75, 3.05) is 13.7 Å². The lowest BCUT2D eigenvalue weighted by molar-refractivity contribution is -0.142. The maximum absolute atomic E-state index is 13.0. The molecule has 2 aromatic carbocycles. The van der Waals surface area contributed by atoms with E-state index in [0.717, 1.165) is 16.7 Å². The molecule has 0 radical (unpaired) electrons. The largest absolute Gasteiger partial charge is 0.497 e. The van der Waals surface area contributed by atoms with Gasteiger partial charge in [-0.05, 0) is 75.6 Å². The van der Waals surface area contributed by atoms with E-state index < -0.39 is 6.04 Å². The molecule has 0 fully saturated rings. The highest BCUT2D eigenvalue weighted by Gasteiger charge is 2.27. The van der Waals surface area contributed by atoms with Crippen molar-refractivity contribution in [2.45, 2.75) is 53.2 Å². The van der Waals surface area contributed by atoms with E-state index in [-0.39, 0.29) is 31.0 Å². The van der Waals surface area contributed by atoms with Crippen LogP contribution in [0, 0.1) is 13.8 Å². The van der Waals surface area contributed by atoms with Gasteiger partial charge in [0, 0.05) is 12.6 Å². The van der Waals surface area contributed by atoms with Gasteiger partial charge >= 0.3 is 0 Å². The molecule has 0 heterocycles. The van der Waals surface area contributed by atoms with Crippen LogP contribution >= 0.6 is 0 Å². The zero-order valence-electron chi connectivity index (χ0n) is 18.7. The van der Waals surface area contributed by atoms with E-state index in [1.807, 2.05) is 70.2 Å². The Morgan fingerprint density at radius 1 is 1.00 bits per heavy atom. The summed E-state index contributed by atoms with van der Waals surface area (Å²) >= 11 is 0. The molecular weight excluding hydrogens is 380 g/mol. The highest BCUT2D eigenvalue weighted by atomic mass is 16.5. The Bertz CT molecular complexity index is 879. The molecule has 0 aromatic heterocycles. The van der Waals surface area contributed by atoms with Crippen molar-refractivity contribution in [2.24, 2.45) is 0 Å². The van der Waals surface area contributed by atoms with Crippen molar-refractivity contribution in [1.82, 2.24) is 10.2 Å². The average molecular weight is 413 g/mol. The third kappa shape index (κ3) is 6.51. The zero-order valence-corrected chi connectivity index (χ0v) is 18.7. The summed E-state index contributed by atoms with van der Waals surface area (Å²) in [5.74, 6) is 0.868. The standard InChI is InChI=1S/C24H32N2O4/c1-16(2)25-24(28)19(5)26(14-20-8-7-9-21(13-20)29-6)23(27)15-30-22-11-10-17(3)18(4)12-22/h7-13,16,19H,14-15H2,1-6H3,(H,25,28)/t19-/m0/s1. The van der Waals surface area contributed by atoms with Crippen LogP contribution in [0.15, 0.2) is 42.5 Å².